The lowest BCUT2D eigenvalue weighted by Gasteiger charge is -2.09. The Morgan fingerprint density at radius 2 is 1.91 bits per heavy atom. The smallest absolute Gasteiger partial charge is 0.257 e. The van der Waals surface area contributed by atoms with Crippen LogP contribution in [0, 0.1) is 20.8 Å². The van der Waals surface area contributed by atoms with Crippen LogP contribution in [-0.4, -0.2) is 25.4 Å². The highest BCUT2D eigenvalue weighted by atomic mass is 16.1. The summed E-state index contributed by atoms with van der Waals surface area (Å²) in [5, 5.41) is 2.82. The Labute approximate surface area is 134 Å². The highest BCUT2D eigenvalue weighted by Crippen LogP contribution is 2.15. The van der Waals surface area contributed by atoms with Gasteiger partial charge in [-0.15, -0.1) is 0 Å². The van der Waals surface area contributed by atoms with Crippen molar-refractivity contribution in [3.63, 3.8) is 0 Å². The lowest BCUT2D eigenvalue weighted by Crippen LogP contribution is -2.15. The molecule has 0 aliphatic heterocycles. The molecule has 3 rings (SSSR count). The number of hydrogen-bond acceptors (Lipinski definition) is 4. The molecule has 1 aromatic carbocycles. The molecule has 1 N–H and O–H groups in total. The van der Waals surface area contributed by atoms with Crippen molar-refractivity contribution >= 4 is 11.7 Å². The maximum Gasteiger partial charge on any atom is 0.257 e. The standard InChI is InChI=1S/C17H17N5O/c1-11-4-5-14(12(2)8-11)17(23)21-15-9-16(20-10-19-15)22-7-6-18-13(22)3/h4-10H,1-3H3,(H,19,20,21,23). The van der Waals surface area contributed by atoms with Gasteiger partial charge in [-0.2, -0.15) is 0 Å². The number of carbonyl (C=O) groups excluding carboxylic acids is 1. The first-order valence-corrected chi connectivity index (χ1v) is 7.25. The fraction of sp³-hybridized carbons (Fsp3) is 0.176. The summed E-state index contributed by atoms with van der Waals surface area (Å²) in [4.78, 5) is 24.9. The molecule has 6 nitrogen and oxygen atoms in total. The third-order valence-electron chi connectivity index (χ3n) is 3.59. The van der Waals surface area contributed by atoms with Crippen LogP contribution >= 0.6 is 0 Å². The zero-order valence-corrected chi connectivity index (χ0v) is 13.2. The van der Waals surface area contributed by atoms with Gasteiger partial charge in [0.15, 0.2) is 0 Å². The highest BCUT2D eigenvalue weighted by molar-refractivity contribution is 6.04. The fourth-order valence-corrected chi connectivity index (χ4v) is 2.42. The first-order valence-electron chi connectivity index (χ1n) is 7.25. The molecule has 0 saturated heterocycles. The van der Waals surface area contributed by atoms with Gasteiger partial charge in [0.1, 0.15) is 23.8 Å². The molecular weight excluding hydrogens is 290 g/mol. The second-order valence-electron chi connectivity index (χ2n) is 5.38. The van der Waals surface area contributed by atoms with Crippen LogP contribution < -0.4 is 5.32 Å². The molecule has 1 amide bonds. The van der Waals surface area contributed by atoms with E-state index in [0.717, 1.165) is 17.0 Å². The highest BCUT2D eigenvalue weighted by Gasteiger charge is 2.11. The minimum absolute atomic E-state index is 0.186. The Morgan fingerprint density at radius 3 is 2.61 bits per heavy atom. The van der Waals surface area contributed by atoms with Gasteiger partial charge in [-0.3, -0.25) is 9.36 Å². The monoisotopic (exact) mass is 307 g/mol. The second kappa shape index (κ2) is 6.00. The Morgan fingerprint density at radius 1 is 1.09 bits per heavy atom. The molecule has 0 saturated carbocycles. The third-order valence-corrected chi connectivity index (χ3v) is 3.59. The topological polar surface area (TPSA) is 72.7 Å². The van der Waals surface area contributed by atoms with Crippen molar-refractivity contribution in [2.45, 2.75) is 20.8 Å². The molecule has 0 fully saturated rings. The van der Waals surface area contributed by atoms with Gasteiger partial charge in [-0.05, 0) is 32.4 Å². The predicted octanol–water partition coefficient (Wildman–Crippen LogP) is 2.84. The van der Waals surface area contributed by atoms with Crippen molar-refractivity contribution < 1.29 is 4.79 Å². The molecule has 2 aromatic heterocycles. The van der Waals surface area contributed by atoms with E-state index in [-0.39, 0.29) is 5.91 Å². The quantitative estimate of drug-likeness (QED) is 0.807. The maximum atomic E-state index is 12.4. The Kier molecular flexibility index (Phi) is 3.89. The number of amides is 1. The molecular formula is C17H17N5O. The van der Waals surface area contributed by atoms with Crippen molar-refractivity contribution in [3.8, 4) is 5.82 Å². The van der Waals surface area contributed by atoms with E-state index in [9.17, 15) is 4.79 Å². The maximum absolute atomic E-state index is 12.4. The van der Waals surface area contributed by atoms with Crippen molar-refractivity contribution in [3.05, 3.63) is 65.5 Å². The van der Waals surface area contributed by atoms with E-state index < -0.39 is 0 Å². The molecule has 6 heteroatoms. The van der Waals surface area contributed by atoms with Gasteiger partial charge >= 0.3 is 0 Å². The number of nitrogens with zero attached hydrogens (tertiary/aromatic N) is 4. The molecule has 2 heterocycles. The van der Waals surface area contributed by atoms with Gasteiger partial charge in [-0.25, -0.2) is 15.0 Å². The molecule has 0 unspecified atom stereocenters. The zero-order valence-electron chi connectivity index (χ0n) is 13.2. The molecule has 0 atom stereocenters. The zero-order chi connectivity index (χ0) is 16.4. The van der Waals surface area contributed by atoms with Crippen molar-refractivity contribution in [2.75, 3.05) is 5.32 Å². The number of benzene rings is 1. The van der Waals surface area contributed by atoms with Crippen molar-refractivity contribution in [2.24, 2.45) is 0 Å². The Hall–Kier alpha value is -3.02. The average Bonchev–Trinajstić information content (AvgIpc) is 2.93. The van der Waals surface area contributed by atoms with Gasteiger partial charge in [0.2, 0.25) is 0 Å². The van der Waals surface area contributed by atoms with Crippen LogP contribution in [0.2, 0.25) is 0 Å². The van der Waals surface area contributed by atoms with Crippen molar-refractivity contribution in [1.82, 2.24) is 19.5 Å². The van der Waals surface area contributed by atoms with Gasteiger partial charge in [0.25, 0.3) is 5.91 Å². The number of imidazole rings is 1. The third kappa shape index (κ3) is 3.11. The molecule has 0 aliphatic carbocycles. The first-order chi connectivity index (χ1) is 11.0. The van der Waals surface area contributed by atoms with Gasteiger partial charge in [0, 0.05) is 24.0 Å². The van der Waals surface area contributed by atoms with Crippen LogP contribution in [0.4, 0.5) is 5.82 Å². The number of nitrogens with one attached hydrogen (secondary N) is 1. The molecule has 3 aromatic rings. The largest absolute Gasteiger partial charge is 0.306 e. The Bertz CT molecular complexity index is 869. The summed E-state index contributed by atoms with van der Waals surface area (Å²) in [6, 6.07) is 7.44. The molecule has 0 aliphatic rings. The van der Waals surface area contributed by atoms with Gasteiger partial charge < -0.3 is 5.32 Å². The van der Waals surface area contributed by atoms with Crippen LogP contribution in [0.5, 0.6) is 0 Å². The summed E-state index contributed by atoms with van der Waals surface area (Å²) >= 11 is 0. The van der Waals surface area contributed by atoms with E-state index in [4.69, 9.17) is 0 Å². The fourth-order valence-electron chi connectivity index (χ4n) is 2.42. The minimum Gasteiger partial charge on any atom is -0.306 e. The number of rotatable bonds is 3. The molecule has 0 bridgehead atoms. The van der Waals surface area contributed by atoms with E-state index in [1.54, 1.807) is 12.3 Å². The molecule has 0 radical (unpaired) electrons. The second-order valence-corrected chi connectivity index (χ2v) is 5.38. The van der Waals surface area contributed by atoms with Gasteiger partial charge in [-0.1, -0.05) is 17.7 Å². The lowest BCUT2D eigenvalue weighted by molar-refractivity contribution is 0.102. The number of carbonyl (C=O) groups is 1. The van der Waals surface area contributed by atoms with Crippen LogP contribution in [0.1, 0.15) is 27.3 Å². The summed E-state index contributed by atoms with van der Waals surface area (Å²) in [6.45, 7) is 5.80. The van der Waals surface area contributed by atoms with Crippen LogP contribution in [0.15, 0.2) is 43.0 Å². The minimum atomic E-state index is -0.186. The first kappa shape index (κ1) is 14.9. The van der Waals surface area contributed by atoms with Crippen LogP contribution in [0.3, 0.4) is 0 Å². The SMILES string of the molecule is Cc1ccc(C(=O)Nc2cc(-n3ccnc3C)ncn2)c(C)c1. The van der Waals surface area contributed by atoms with E-state index >= 15 is 0 Å². The van der Waals surface area contributed by atoms with Gasteiger partial charge in [0.05, 0.1) is 0 Å². The van der Waals surface area contributed by atoms with E-state index in [1.165, 1.54) is 6.33 Å². The number of anilines is 1. The summed E-state index contributed by atoms with van der Waals surface area (Å²) in [5.41, 5.74) is 2.69. The van der Waals surface area contributed by atoms with E-state index in [1.807, 2.05) is 49.7 Å². The molecule has 0 spiro atoms. The van der Waals surface area contributed by atoms with E-state index in [0.29, 0.717) is 17.2 Å². The summed E-state index contributed by atoms with van der Waals surface area (Å²) in [7, 11) is 0. The number of hydrogen-bond donors (Lipinski definition) is 1. The summed E-state index contributed by atoms with van der Waals surface area (Å²) in [6.07, 6.45) is 4.94. The van der Waals surface area contributed by atoms with Crippen LogP contribution in [0.25, 0.3) is 5.82 Å². The Balaban J connectivity index is 1.86. The molecule has 23 heavy (non-hydrogen) atoms. The normalized spacial score (nSPS) is 10.6. The summed E-state index contributed by atoms with van der Waals surface area (Å²) in [5.74, 6) is 1.74. The van der Waals surface area contributed by atoms with Crippen LogP contribution in [-0.2, 0) is 0 Å². The summed E-state index contributed by atoms with van der Waals surface area (Å²) < 4.78 is 1.83. The predicted molar refractivity (Wildman–Crippen MR) is 87.8 cm³/mol. The number of aryl methyl sites for hydroxylation is 3. The van der Waals surface area contributed by atoms with E-state index in [2.05, 4.69) is 20.3 Å². The average molecular weight is 307 g/mol. The molecule has 116 valence electrons. The van der Waals surface area contributed by atoms with Crippen molar-refractivity contribution in [1.29, 1.82) is 0 Å². The number of aromatic nitrogens is 4. The lowest BCUT2D eigenvalue weighted by atomic mass is 10.1.